The van der Waals surface area contributed by atoms with Gasteiger partial charge in [-0.1, -0.05) is 29.8 Å². The van der Waals surface area contributed by atoms with Gasteiger partial charge in [0.05, 0.1) is 5.57 Å². The maximum absolute atomic E-state index is 8.48. The second-order valence-electron chi connectivity index (χ2n) is 2.13. The van der Waals surface area contributed by atoms with Gasteiger partial charge in [0.1, 0.15) is 11.0 Å². The van der Waals surface area contributed by atoms with Crippen molar-refractivity contribution in [1.82, 2.24) is 5.32 Å². The topological polar surface area (TPSA) is 35.8 Å². The number of nitrogens with one attached hydrogen (secondary N) is 1. The molecular weight excluding hydrogens is 216 g/mol. The predicted octanol–water partition coefficient (Wildman–Crippen LogP) is 2.69. The summed E-state index contributed by atoms with van der Waals surface area (Å²) in [6.45, 7) is 5.97. The molecule has 0 aliphatic carbocycles. The summed E-state index contributed by atoms with van der Waals surface area (Å²) in [5.74, 6) is 0. The number of nitriles is 1. The zero-order chi connectivity index (χ0) is 9.56. The van der Waals surface area contributed by atoms with E-state index < -0.39 is 0 Å². The summed E-state index contributed by atoms with van der Waals surface area (Å²) in [6.07, 6.45) is 3.56. The zero-order valence-corrected chi connectivity index (χ0v) is 9.14. The van der Waals surface area contributed by atoms with E-state index in [0.717, 1.165) is 5.57 Å². The fraction of sp³-hybridized carbons (Fsp3) is 0.444. The van der Waals surface area contributed by atoms with Crippen LogP contribution in [0.3, 0.4) is 0 Å². The Hall–Kier alpha value is -0.750. The summed E-state index contributed by atoms with van der Waals surface area (Å²) in [5.41, 5.74) is 1.80. The van der Waals surface area contributed by atoms with E-state index in [4.69, 9.17) is 5.26 Å². The van der Waals surface area contributed by atoms with Gasteiger partial charge in [-0.3, -0.25) is 0 Å². The molecule has 1 aliphatic heterocycles. The standard InChI is InChI=1S/C7H7BrN2.C2H6/c1-5-2-6(3-9)4-10-7(5)8;1-2/h2,4,7,10H,1H3;1-2H3. The van der Waals surface area contributed by atoms with Gasteiger partial charge in [-0.15, -0.1) is 0 Å². The largest absolute Gasteiger partial charge is 0.374 e. The summed E-state index contributed by atoms with van der Waals surface area (Å²) >= 11 is 3.38. The van der Waals surface area contributed by atoms with E-state index in [1.54, 1.807) is 6.20 Å². The Morgan fingerprint density at radius 2 is 2.17 bits per heavy atom. The van der Waals surface area contributed by atoms with Crippen molar-refractivity contribution in [3.8, 4) is 6.07 Å². The number of nitrogens with zero attached hydrogens (tertiary/aromatic N) is 1. The highest BCUT2D eigenvalue weighted by Gasteiger charge is 2.08. The molecule has 1 atom stereocenters. The van der Waals surface area contributed by atoms with Gasteiger partial charge in [0.2, 0.25) is 0 Å². The molecule has 0 aromatic carbocycles. The van der Waals surface area contributed by atoms with Crippen molar-refractivity contribution in [3.63, 3.8) is 0 Å². The van der Waals surface area contributed by atoms with Gasteiger partial charge in [-0.05, 0) is 18.6 Å². The van der Waals surface area contributed by atoms with Crippen molar-refractivity contribution >= 4 is 15.9 Å². The van der Waals surface area contributed by atoms with Crippen LogP contribution in [0, 0.1) is 11.3 Å². The average molecular weight is 229 g/mol. The lowest BCUT2D eigenvalue weighted by molar-refractivity contribution is 0.869. The van der Waals surface area contributed by atoms with E-state index >= 15 is 0 Å². The summed E-state index contributed by atoms with van der Waals surface area (Å²) in [7, 11) is 0. The van der Waals surface area contributed by atoms with Gasteiger partial charge in [-0.2, -0.15) is 5.26 Å². The maximum Gasteiger partial charge on any atom is 0.103 e. The lowest BCUT2D eigenvalue weighted by atomic mass is 10.1. The molecule has 1 heterocycles. The van der Waals surface area contributed by atoms with Crippen molar-refractivity contribution < 1.29 is 0 Å². The fourth-order valence-electron chi connectivity index (χ4n) is 0.719. The minimum absolute atomic E-state index is 0.185. The van der Waals surface area contributed by atoms with Crippen LogP contribution in [0.15, 0.2) is 23.4 Å². The Bertz CT molecular complexity index is 235. The highest BCUT2D eigenvalue weighted by molar-refractivity contribution is 9.09. The molecule has 1 aliphatic rings. The number of halogens is 1. The van der Waals surface area contributed by atoms with Crippen LogP contribution in [0.25, 0.3) is 0 Å². The van der Waals surface area contributed by atoms with Gasteiger partial charge in [0.15, 0.2) is 0 Å². The number of hydrogen-bond donors (Lipinski definition) is 1. The third-order valence-corrected chi connectivity index (χ3v) is 2.28. The van der Waals surface area contributed by atoms with Crippen LogP contribution < -0.4 is 5.32 Å². The molecule has 0 aromatic heterocycles. The lowest BCUT2D eigenvalue weighted by Gasteiger charge is -2.14. The highest BCUT2D eigenvalue weighted by atomic mass is 79.9. The van der Waals surface area contributed by atoms with Crippen molar-refractivity contribution in [1.29, 1.82) is 5.26 Å². The Morgan fingerprint density at radius 1 is 1.58 bits per heavy atom. The van der Waals surface area contributed by atoms with E-state index in [1.807, 2.05) is 26.8 Å². The van der Waals surface area contributed by atoms with Gasteiger partial charge in [0, 0.05) is 6.20 Å². The van der Waals surface area contributed by atoms with Crippen LogP contribution >= 0.6 is 15.9 Å². The van der Waals surface area contributed by atoms with Crippen LogP contribution in [0.5, 0.6) is 0 Å². The molecule has 12 heavy (non-hydrogen) atoms. The molecule has 3 heteroatoms. The SMILES string of the molecule is CC.CC1=CC(C#N)=CNC1Br. The normalized spacial score (nSPS) is 20.4. The summed E-state index contributed by atoms with van der Waals surface area (Å²) in [6, 6.07) is 2.06. The molecule has 0 fully saturated rings. The number of alkyl halides is 1. The predicted molar refractivity (Wildman–Crippen MR) is 54.7 cm³/mol. The summed E-state index contributed by atoms with van der Waals surface area (Å²) in [5, 5.41) is 11.5. The average Bonchev–Trinajstić information content (AvgIpc) is 2.13. The van der Waals surface area contributed by atoms with Crippen LogP contribution in [-0.2, 0) is 0 Å². The van der Waals surface area contributed by atoms with E-state index in [0.29, 0.717) is 5.57 Å². The second-order valence-corrected chi connectivity index (χ2v) is 3.04. The van der Waals surface area contributed by atoms with Crippen molar-refractivity contribution in [3.05, 3.63) is 23.4 Å². The number of rotatable bonds is 0. The second kappa shape index (κ2) is 5.84. The highest BCUT2D eigenvalue weighted by Crippen LogP contribution is 2.15. The Labute approximate surface area is 82.1 Å². The quantitative estimate of drug-likeness (QED) is 0.512. The summed E-state index contributed by atoms with van der Waals surface area (Å²) < 4.78 is 0. The molecule has 0 spiro atoms. The molecule has 0 amide bonds. The van der Waals surface area contributed by atoms with Crippen LogP contribution in [-0.4, -0.2) is 4.95 Å². The number of allylic oxidation sites excluding steroid dienone is 2. The summed E-state index contributed by atoms with van der Waals surface area (Å²) in [4.78, 5) is 0.185. The van der Waals surface area contributed by atoms with Crippen LogP contribution in [0.1, 0.15) is 20.8 Å². The molecule has 66 valence electrons. The third kappa shape index (κ3) is 3.10. The molecule has 1 unspecified atom stereocenters. The number of hydrogen-bond acceptors (Lipinski definition) is 2. The Balaban J connectivity index is 0.000000561. The molecule has 0 saturated heterocycles. The van der Waals surface area contributed by atoms with Gasteiger partial charge in [-0.25, -0.2) is 0 Å². The van der Waals surface area contributed by atoms with E-state index in [-0.39, 0.29) is 4.95 Å². The van der Waals surface area contributed by atoms with Gasteiger partial charge < -0.3 is 5.32 Å². The smallest absolute Gasteiger partial charge is 0.103 e. The monoisotopic (exact) mass is 228 g/mol. The third-order valence-electron chi connectivity index (χ3n) is 1.30. The van der Waals surface area contributed by atoms with Crippen molar-refractivity contribution in [2.75, 3.05) is 0 Å². The first kappa shape index (κ1) is 11.2. The fourth-order valence-corrected chi connectivity index (χ4v) is 0.983. The number of dihydropyridines is 1. The van der Waals surface area contributed by atoms with Gasteiger partial charge in [0.25, 0.3) is 0 Å². The minimum atomic E-state index is 0.185. The van der Waals surface area contributed by atoms with Gasteiger partial charge >= 0.3 is 0 Å². The molecule has 0 saturated carbocycles. The minimum Gasteiger partial charge on any atom is -0.374 e. The van der Waals surface area contributed by atoms with Crippen LogP contribution in [0.2, 0.25) is 0 Å². The molecule has 0 radical (unpaired) electrons. The molecule has 2 nitrogen and oxygen atoms in total. The van der Waals surface area contributed by atoms with Crippen LogP contribution in [0.4, 0.5) is 0 Å². The van der Waals surface area contributed by atoms with Crippen molar-refractivity contribution in [2.45, 2.75) is 25.7 Å². The first-order chi connectivity index (χ1) is 5.74. The van der Waals surface area contributed by atoms with E-state index in [1.165, 1.54) is 0 Å². The molecule has 0 aromatic rings. The Kier molecular flexibility index (Phi) is 5.48. The first-order valence-corrected chi connectivity index (χ1v) is 4.84. The lowest BCUT2D eigenvalue weighted by Crippen LogP contribution is -2.21. The van der Waals surface area contributed by atoms with E-state index in [9.17, 15) is 0 Å². The molecule has 1 rings (SSSR count). The molecular formula is C9H13BrN2. The first-order valence-electron chi connectivity index (χ1n) is 3.92. The zero-order valence-electron chi connectivity index (χ0n) is 7.56. The maximum atomic E-state index is 8.48. The molecule has 1 N–H and O–H groups in total. The van der Waals surface area contributed by atoms with E-state index in [2.05, 4.69) is 27.3 Å². The molecule has 0 bridgehead atoms. The van der Waals surface area contributed by atoms with Crippen molar-refractivity contribution in [2.24, 2.45) is 0 Å². The Morgan fingerprint density at radius 3 is 2.58 bits per heavy atom.